The first-order valence-electron chi connectivity index (χ1n) is 17.2. The Morgan fingerprint density at radius 2 is 1.20 bits per heavy atom. The zero-order chi connectivity index (χ0) is 33.5. The molecule has 2 unspecified atom stereocenters. The minimum absolute atomic E-state index is 0.245. The van der Waals surface area contributed by atoms with Crippen LogP contribution in [0.4, 0.5) is 0 Å². The molecule has 0 bridgehead atoms. The topological polar surface area (TPSA) is 62.7 Å². The van der Waals surface area contributed by atoms with Crippen molar-refractivity contribution < 1.29 is 8.83 Å². The Balaban J connectivity index is 1.01. The Kier molecular flexibility index (Phi) is 6.26. The maximum atomic E-state index is 6.78. The fraction of sp³-hybridized carbons (Fsp3) is 0.0444. The van der Waals surface area contributed by atoms with E-state index in [1.54, 1.807) is 0 Å². The van der Waals surface area contributed by atoms with Gasteiger partial charge in [0.2, 0.25) is 0 Å². The lowest BCUT2D eigenvalue weighted by atomic mass is 10.0. The van der Waals surface area contributed by atoms with Crippen LogP contribution in [0.1, 0.15) is 29.0 Å². The molecule has 1 aliphatic heterocycles. The minimum Gasteiger partial charge on any atom is -0.456 e. The summed E-state index contributed by atoms with van der Waals surface area (Å²) in [5.41, 5.74) is 8.92. The highest BCUT2D eigenvalue weighted by Crippen LogP contribution is 2.39. The van der Waals surface area contributed by atoms with E-state index in [2.05, 4.69) is 144 Å². The second-order valence-electron chi connectivity index (χ2n) is 13.2. The second-order valence-corrected chi connectivity index (χ2v) is 14.3. The number of aliphatic imine (C=N–C) groups is 1. The molecular weight excluding hydrogens is 647 g/mol. The van der Waals surface area contributed by atoms with Crippen LogP contribution in [0.2, 0.25) is 0 Å². The molecule has 10 aromatic rings. The van der Waals surface area contributed by atoms with Gasteiger partial charge in [-0.2, -0.15) is 0 Å². The van der Waals surface area contributed by atoms with Crippen molar-refractivity contribution in [2.24, 2.45) is 4.99 Å². The molecule has 3 aromatic heterocycles. The van der Waals surface area contributed by atoms with Crippen LogP contribution < -0.4 is 10.6 Å². The Labute approximate surface area is 296 Å². The van der Waals surface area contributed by atoms with Gasteiger partial charge in [-0.15, -0.1) is 11.3 Å². The first-order valence-corrected chi connectivity index (χ1v) is 18.0. The molecule has 5 nitrogen and oxygen atoms in total. The summed E-state index contributed by atoms with van der Waals surface area (Å²) in [5.74, 6) is 0.851. The van der Waals surface area contributed by atoms with E-state index in [-0.39, 0.29) is 12.3 Å². The fourth-order valence-electron chi connectivity index (χ4n) is 7.68. The van der Waals surface area contributed by atoms with E-state index in [4.69, 9.17) is 13.8 Å². The van der Waals surface area contributed by atoms with Crippen LogP contribution in [0, 0.1) is 0 Å². The van der Waals surface area contributed by atoms with Crippen LogP contribution in [0.3, 0.4) is 0 Å². The maximum Gasteiger partial charge on any atom is 0.142 e. The zero-order valence-corrected chi connectivity index (χ0v) is 28.1. The molecule has 51 heavy (non-hydrogen) atoms. The summed E-state index contributed by atoms with van der Waals surface area (Å²) in [6.45, 7) is 0. The highest BCUT2D eigenvalue weighted by Gasteiger charge is 2.28. The van der Waals surface area contributed by atoms with Crippen LogP contribution in [0.5, 0.6) is 0 Å². The quantitative estimate of drug-likeness (QED) is 0.195. The molecule has 0 radical (unpaired) electrons. The van der Waals surface area contributed by atoms with Crippen LogP contribution in [-0.4, -0.2) is 5.84 Å². The first-order chi connectivity index (χ1) is 25.2. The average molecular weight is 676 g/mol. The van der Waals surface area contributed by atoms with Crippen molar-refractivity contribution in [3.05, 3.63) is 168 Å². The van der Waals surface area contributed by atoms with Gasteiger partial charge in [0.1, 0.15) is 40.5 Å². The molecule has 1 aliphatic rings. The van der Waals surface area contributed by atoms with Crippen molar-refractivity contribution in [2.75, 3.05) is 0 Å². The molecule has 0 fully saturated rings. The van der Waals surface area contributed by atoms with Crippen molar-refractivity contribution in [3.8, 4) is 11.1 Å². The third-order valence-electron chi connectivity index (χ3n) is 10.2. The minimum atomic E-state index is -0.249. The summed E-state index contributed by atoms with van der Waals surface area (Å²) in [6.07, 6.45) is -0.493. The number of hydrogen-bond acceptors (Lipinski definition) is 6. The van der Waals surface area contributed by atoms with Crippen LogP contribution in [-0.2, 0) is 0 Å². The van der Waals surface area contributed by atoms with Gasteiger partial charge in [0.15, 0.2) is 0 Å². The van der Waals surface area contributed by atoms with Crippen LogP contribution >= 0.6 is 11.3 Å². The Bertz CT molecular complexity index is 3010. The summed E-state index contributed by atoms with van der Waals surface area (Å²) >= 11 is 1.82. The number of nitrogens with zero attached hydrogens (tertiary/aromatic N) is 1. The van der Waals surface area contributed by atoms with Gasteiger partial charge < -0.3 is 14.2 Å². The number of nitrogens with one attached hydrogen (secondary N) is 2. The van der Waals surface area contributed by atoms with E-state index < -0.39 is 0 Å². The van der Waals surface area contributed by atoms with E-state index in [1.165, 1.54) is 20.2 Å². The van der Waals surface area contributed by atoms with Crippen molar-refractivity contribution in [2.45, 2.75) is 12.3 Å². The fourth-order valence-corrected chi connectivity index (χ4v) is 8.82. The number of amidine groups is 1. The highest BCUT2D eigenvalue weighted by molar-refractivity contribution is 7.25. The van der Waals surface area contributed by atoms with E-state index in [0.717, 1.165) is 77.5 Å². The lowest BCUT2D eigenvalue weighted by Crippen LogP contribution is -2.45. The van der Waals surface area contributed by atoms with E-state index in [0.29, 0.717) is 0 Å². The molecule has 6 heteroatoms. The summed E-state index contributed by atoms with van der Waals surface area (Å²) in [6, 6.07) is 53.3. The van der Waals surface area contributed by atoms with Gasteiger partial charge in [-0.3, -0.25) is 5.32 Å². The average Bonchev–Trinajstić information content (AvgIpc) is 3.88. The van der Waals surface area contributed by atoms with Crippen LogP contribution in [0.25, 0.3) is 75.2 Å². The number of furan rings is 2. The number of para-hydroxylation sites is 2. The SMILES string of the molecule is c1ccc(C2N=C(c3ccc4c(c3)sc3ccccc34)NC(c3cccc4c3oc3cc(-c5ccc6oc7ccccc7c6c5)ccc34)N2)cc1. The third-order valence-corrected chi connectivity index (χ3v) is 11.3. The number of fused-ring (bicyclic) bond motifs is 9. The summed E-state index contributed by atoms with van der Waals surface area (Å²) in [7, 11) is 0. The third kappa shape index (κ3) is 4.61. The second kappa shape index (κ2) is 11.2. The smallest absolute Gasteiger partial charge is 0.142 e. The molecule has 11 rings (SSSR count). The number of rotatable bonds is 4. The molecule has 242 valence electrons. The molecule has 7 aromatic carbocycles. The van der Waals surface area contributed by atoms with E-state index in [9.17, 15) is 0 Å². The predicted octanol–water partition coefficient (Wildman–Crippen LogP) is 11.9. The Morgan fingerprint density at radius 3 is 2.14 bits per heavy atom. The Hall–Kier alpha value is -6.21. The van der Waals surface area contributed by atoms with Gasteiger partial charge in [0.25, 0.3) is 0 Å². The van der Waals surface area contributed by atoms with Crippen molar-refractivity contribution >= 4 is 81.2 Å². The predicted molar refractivity (Wildman–Crippen MR) is 210 cm³/mol. The summed E-state index contributed by atoms with van der Waals surface area (Å²) in [4.78, 5) is 5.23. The molecule has 0 aliphatic carbocycles. The molecule has 0 spiro atoms. The monoisotopic (exact) mass is 675 g/mol. The zero-order valence-electron chi connectivity index (χ0n) is 27.3. The van der Waals surface area contributed by atoms with Gasteiger partial charge in [-0.25, -0.2) is 4.99 Å². The van der Waals surface area contributed by atoms with Crippen molar-refractivity contribution in [3.63, 3.8) is 0 Å². The van der Waals surface area contributed by atoms with Gasteiger partial charge >= 0.3 is 0 Å². The molecular formula is C45H29N3O2S. The largest absolute Gasteiger partial charge is 0.456 e. The summed E-state index contributed by atoms with van der Waals surface area (Å²) in [5, 5.41) is 14.5. The molecule has 2 atom stereocenters. The van der Waals surface area contributed by atoms with Crippen molar-refractivity contribution in [1.29, 1.82) is 0 Å². The van der Waals surface area contributed by atoms with Crippen LogP contribution in [0.15, 0.2) is 165 Å². The molecule has 4 heterocycles. The molecule has 0 saturated heterocycles. The normalized spacial score (nSPS) is 16.4. The van der Waals surface area contributed by atoms with E-state index >= 15 is 0 Å². The molecule has 0 amide bonds. The maximum absolute atomic E-state index is 6.78. The number of benzene rings is 7. The standard InChI is InChI=1S/C45H29N3O2S/c1-2-9-26(10-3-1)43-46-44(29-18-21-33-32-12-5-7-16-40(32)51-41(33)25-29)48-45(47-43)35-14-8-13-34-31-20-17-28(24-39(31)50-42(34)35)27-19-22-38-36(23-27)30-11-4-6-15-37(30)49-38/h1-25,43,45,47H,(H,46,48). The van der Waals surface area contributed by atoms with Gasteiger partial charge in [-0.1, -0.05) is 109 Å². The van der Waals surface area contributed by atoms with Gasteiger partial charge in [-0.05, 0) is 59.2 Å². The highest BCUT2D eigenvalue weighted by atomic mass is 32.1. The lowest BCUT2D eigenvalue weighted by Gasteiger charge is -2.32. The van der Waals surface area contributed by atoms with Crippen molar-refractivity contribution in [1.82, 2.24) is 10.6 Å². The Morgan fingerprint density at radius 1 is 0.490 bits per heavy atom. The first kappa shape index (κ1) is 28.6. The van der Waals surface area contributed by atoms with E-state index in [1.807, 2.05) is 29.5 Å². The van der Waals surface area contributed by atoms with Gasteiger partial charge in [0.05, 0.1) is 0 Å². The number of hydrogen-bond donors (Lipinski definition) is 2. The molecule has 0 saturated carbocycles. The van der Waals surface area contributed by atoms with Gasteiger partial charge in [0, 0.05) is 52.8 Å². The lowest BCUT2D eigenvalue weighted by molar-refractivity contribution is 0.408. The summed E-state index contributed by atoms with van der Waals surface area (Å²) < 4.78 is 15.4. The molecule has 2 N–H and O–H groups in total. The number of thiophene rings is 1.